The van der Waals surface area contributed by atoms with E-state index in [1.165, 1.54) is 18.0 Å². The Labute approximate surface area is 171 Å². The number of hydrogen-bond donors (Lipinski definition) is 2. The van der Waals surface area contributed by atoms with E-state index < -0.39 is 0 Å². The normalized spacial score (nSPS) is 10.2. The highest BCUT2D eigenvalue weighted by atomic mass is 32.2. The molecule has 0 aliphatic heterocycles. The maximum absolute atomic E-state index is 9.80. The second-order valence-corrected chi connectivity index (χ2v) is 6.68. The maximum Gasteiger partial charge on any atom is 0.213 e. The highest BCUT2D eigenvalue weighted by molar-refractivity contribution is 7.98. The van der Waals surface area contributed by atoms with Crippen LogP contribution in [0.25, 0.3) is 11.1 Å². The van der Waals surface area contributed by atoms with E-state index in [1.807, 2.05) is 24.3 Å². The summed E-state index contributed by atoms with van der Waals surface area (Å²) >= 11 is 1.32. The van der Waals surface area contributed by atoms with Crippen LogP contribution >= 0.6 is 11.8 Å². The van der Waals surface area contributed by atoms with E-state index in [-0.39, 0.29) is 30.2 Å². The van der Waals surface area contributed by atoms with Gasteiger partial charge in [-0.05, 0) is 18.2 Å². The summed E-state index contributed by atoms with van der Waals surface area (Å²) in [6.07, 6.45) is 3.19. The lowest BCUT2D eigenvalue weighted by Gasteiger charge is -2.13. The third kappa shape index (κ3) is 4.61. The molecule has 0 atom stereocenters. The molecular weight excluding hydrogens is 388 g/mol. The van der Waals surface area contributed by atoms with Gasteiger partial charge in [0.15, 0.2) is 0 Å². The lowest BCUT2D eigenvalue weighted by molar-refractivity contribution is 0.196. The molecule has 9 heteroatoms. The molecule has 0 fully saturated rings. The summed E-state index contributed by atoms with van der Waals surface area (Å²) in [5, 5.41) is 28.6. The van der Waals surface area contributed by atoms with Crippen LogP contribution in [0.4, 0.5) is 5.82 Å². The van der Waals surface area contributed by atoms with Gasteiger partial charge in [-0.15, -0.1) is 0 Å². The summed E-state index contributed by atoms with van der Waals surface area (Å²) < 4.78 is 5.25. The van der Waals surface area contributed by atoms with Gasteiger partial charge in [0, 0.05) is 35.3 Å². The first-order valence-corrected chi connectivity index (χ1v) is 9.53. The van der Waals surface area contributed by atoms with Crippen LogP contribution in [-0.2, 0) is 5.75 Å². The molecule has 0 saturated carbocycles. The number of nitriles is 2. The lowest BCUT2D eigenvalue weighted by atomic mass is 9.98. The number of aliphatic hydroxyl groups is 1. The highest BCUT2D eigenvalue weighted by Crippen LogP contribution is 2.36. The van der Waals surface area contributed by atoms with Crippen LogP contribution in [0.15, 0.2) is 47.8 Å². The topological polar surface area (TPSA) is 142 Å². The van der Waals surface area contributed by atoms with Gasteiger partial charge in [-0.1, -0.05) is 17.8 Å². The molecule has 0 amide bonds. The van der Waals surface area contributed by atoms with Crippen molar-refractivity contribution in [2.45, 2.75) is 10.8 Å². The molecule has 0 radical (unpaired) electrons. The zero-order valence-electron chi connectivity index (χ0n) is 15.2. The number of aliphatic hydroxyl groups excluding tert-OH is 1. The standard InChI is InChI=1S/C20H16N6O2S/c21-9-15-18(13-4-5-17(25-11-13)28-8-7-27)16(10-22)20(26-19(15)23)29-12-14-3-1-2-6-24-14/h1-6,11,27H,7-8,12H2,(H2,23,26). The van der Waals surface area contributed by atoms with Gasteiger partial charge >= 0.3 is 0 Å². The second kappa shape index (κ2) is 9.51. The minimum Gasteiger partial charge on any atom is -0.475 e. The highest BCUT2D eigenvalue weighted by Gasteiger charge is 2.21. The first kappa shape index (κ1) is 20.1. The van der Waals surface area contributed by atoms with Crippen molar-refractivity contribution in [3.63, 3.8) is 0 Å². The van der Waals surface area contributed by atoms with Crippen LogP contribution in [0.1, 0.15) is 16.8 Å². The van der Waals surface area contributed by atoms with Crippen LogP contribution in [0.2, 0.25) is 0 Å². The average Bonchev–Trinajstić information content (AvgIpc) is 2.76. The Morgan fingerprint density at radius 1 is 1.10 bits per heavy atom. The molecule has 3 N–H and O–H groups in total. The number of nitrogens with zero attached hydrogens (tertiary/aromatic N) is 5. The van der Waals surface area contributed by atoms with Gasteiger partial charge in [-0.3, -0.25) is 4.98 Å². The number of nitrogen functional groups attached to an aromatic ring is 1. The Balaban J connectivity index is 2.02. The number of thioether (sulfide) groups is 1. The zero-order chi connectivity index (χ0) is 20.6. The van der Waals surface area contributed by atoms with Crippen molar-refractivity contribution in [1.82, 2.24) is 15.0 Å². The van der Waals surface area contributed by atoms with Crippen molar-refractivity contribution in [2.75, 3.05) is 18.9 Å². The number of hydrogen-bond acceptors (Lipinski definition) is 9. The molecule has 144 valence electrons. The lowest BCUT2D eigenvalue weighted by Crippen LogP contribution is -2.05. The van der Waals surface area contributed by atoms with Crippen molar-refractivity contribution in [1.29, 1.82) is 10.5 Å². The van der Waals surface area contributed by atoms with Crippen LogP contribution in [-0.4, -0.2) is 33.3 Å². The van der Waals surface area contributed by atoms with Gasteiger partial charge in [0.25, 0.3) is 0 Å². The smallest absolute Gasteiger partial charge is 0.213 e. The molecule has 0 spiro atoms. The summed E-state index contributed by atoms with van der Waals surface area (Å²) in [6.45, 7) is -0.00587. The third-order valence-electron chi connectivity index (χ3n) is 3.86. The Bertz CT molecular complexity index is 1080. The number of pyridine rings is 3. The van der Waals surface area contributed by atoms with Crippen molar-refractivity contribution in [3.05, 3.63) is 59.5 Å². The predicted molar refractivity (Wildman–Crippen MR) is 108 cm³/mol. The van der Waals surface area contributed by atoms with Gasteiger partial charge in [-0.2, -0.15) is 10.5 Å². The summed E-state index contributed by atoms with van der Waals surface area (Å²) in [5.41, 5.74) is 8.15. The van der Waals surface area contributed by atoms with E-state index in [0.29, 0.717) is 27.8 Å². The van der Waals surface area contributed by atoms with E-state index in [0.717, 1.165) is 5.69 Å². The number of rotatable bonds is 7. The first-order valence-electron chi connectivity index (χ1n) is 8.54. The number of ether oxygens (including phenoxy) is 1. The quantitative estimate of drug-likeness (QED) is 0.568. The summed E-state index contributed by atoms with van der Waals surface area (Å²) in [7, 11) is 0. The fraction of sp³-hybridized carbons (Fsp3) is 0.150. The first-order chi connectivity index (χ1) is 14.2. The molecule has 0 aliphatic rings. The van der Waals surface area contributed by atoms with Crippen molar-refractivity contribution >= 4 is 17.6 Å². The molecule has 8 nitrogen and oxygen atoms in total. The molecule has 3 heterocycles. The van der Waals surface area contributed by atoms with Crippen LogP contribution in [0.3, 0.4) is 0 Å². The number of nitrogens with two attached hydrogens (primary N) is 1. The van der Waals surface area contributed by atoms with Crippen LogP contribution in [0.5, 0.6) is 5.88 Å². The third-order valence-corrected chi connectivity index (χ3v) is 4.87. The Morgan fingerprint density at radius 2 is 1.93 bits per heavy atom. The number of aromatic nitrogens is 3. The molecule has 3 rings (SSSR count). The van der Waals surface area contributed by atoms with E-state index in [4.69, 9.17) is 15.6 Å². The summed E-state index contributed by atoms with van der Waals surface area (Å²) in [4.78, 5) is 12.7. The van der Waals surface area contributed by atoms with E-state index in [9.17, 15) is 10.5 Å². The minimum absolute atomic E-state index is 0.0469. The van der Waals surface area contributed by atoms with Gasteiger partial charge < -0.3 is 15.6 Å². The predicted octanol–water partition coefficient (Wildman–Crippen LogP) is 2.53. The summed E-state index contributed by atoms with van der Waals surface area (Å²) in [6, 6.07) is 13.1. The Hall–Kier alpha value is -3.66. The molecule has 0 aromatic carbocycles. The fourth-order valence-corrected chi connectivity index (χ4v) is 3.49. The van der Waals surface area contributed by atoms with Crippen molar-refractivity contribution in [3.8, 4) is 29.1 Å². The molecule has 3 aromatic heterocycles. The summed E-state index contributed by atoms with van der Waals surface area (Å²) in [5.74, 6) is 0.872. The molecule has 3 aromatic rings. The van der Waals surface area contributed by atoms with E-state index in [1.54, 1.807) is 18.3 Å². The molecule has 29 heavy (non-hydrogen) atoms. The minimum atomic E-state index is -0.127. The zero-order valence-corrected chi connectivity index (χ0v) is 16.1. The fourth-order valence-electron chi connectivity index (χ4n) is 2.58. The second-order valence-electron chi connectivity index (χ2n) is 5.72. The molecule has 0 saturated heterocycles. The molecular formula is C20H16N6O2S. The molecule has 0 bridgehead atoms. The van der Waals surface area contributed by atoms with Gasteiger partial charge in [0.1, 0.15) is 35.2 Å². The van der Waals surface area contributed by atoms with Gasteiger partial charge in [-0.25, -0.2) is 9.97 Å². The monoisotopic (exact) mass is 404 g/mol. The molecule has 0 aliphatic carbocycles. The molecule has 0 unspecified atom stereocenters. The average molecular weight is 404 g/mol. The van der Waals surface area contributed by atoms with Crippen molar-refractivity contribution in [2.24, 2.45) is 0 Å². The van der Waals surface area contributed by atoms with Gasteiger partial charge in [0.2, 0.25) is 5.88 Å². The van der Waals surface area contributed by atoms with Crippen molar-refractivity contribution < 1.29 is 9.84 Å². The Kier molecular flexibility index (Phi) is 6.59. The maximum atomic E-state index is 9.80. The van der Waals surface area contributed by atoms with E-state index >= 15 is 0 Å². The SMILES string of the molecule is N#Cc1c(N)nc(SCc2ccccn2)c(C#N)c1-c1ccc(OCCO)nc1. The number of anilines is 1. The van der Waals surface area contributed by atoms with E-state index in [2.05, 4.69) is 21.0 Å². The van der Waals surface area contributed by atoms with Crippen LogP contribution in [0, 0.1) is 22.7 Å². The van der Waals surface area contributed by atoms with Crippen LogP contribution < -0.4 is 10.5 Å². The van der Waals surface area contributed by atoms with Gasteiger partial charge in [0.05, 0.1) is 17.9 Å². The largest absolute Gasteiger partial charge is 0.475 e. The Morgan fingerprint density at radius 3 is 2.55 bits per heavy atom.